The zero-order valence-electron chi connectivity index (χ0n) is 9.75. The first kappa shape index (κ1) is 12.3. The molecule has 5 heteroatoms. The quantitative estimate of drug-likeness (QED) is 0.915. The number of nitrogens with two attached hydrogens (primary N) is 1. The normalized spacial score (nSPS) is 9.78. The van der Waals surface area contributed by atoms with Crippen LogP contribution in [0, 0.1) is 11.3 Å². The van der Waals surface area contributed by atoms with E-state index in [0.717, 1.165) is 9.79 Å². The van der Waals surface area contributed by atoms with Gasteiger partial charge in [-0.05, 0) is 24.3 Å². The van der Waals surface area contributed by atoms with Crippen molar-refractivity contribution in [2.45, 2.75) is 9.79 Å². The average molecular weight is 257 g/mol. The molecule has 2 N–H and O–H groups in total. The highest BCUT2D eigenvalue weighted by Gasteiger charge is 2.08. The first-order valence-electron chi connectivity index (χ1n) is 5.20. The minimum absolute atomic E-state index is 0.592. The highest BCUT2D eigenvalue weighted by molar-refractivity contribution is 7.99. The van der Waals surface area contributed by atoms with Crippen molar-refractivity contribution in [2.75, 3.05) is 12.8 Å². The van der Waals surface area contributed by atoms with Crippen LogP contribution in [0.5, 0.6) is 5.75 Å². The number of methoxy groups -OCH3 is 1. The SMILES string of the molecule is COc1ccc(C#N)c(Sc2ccncc2N)c1. The highest BCUT2D eigenvalue weighted by Crippen LogP contribution is 2.35. The van der Waals surface area contributed by atoms with E-state index >= 15 is 0 Å². The summed E-state index contributed by atoms with van der Waals surface area (Å²) in [4.78, 5) is 5.62. The Morgan fingerprint density at radius 2 is 2.17 bits per heavy atom. The predicted molar refractivity (Wildman–Crippen MR) is 70.5 cm³/mol. The molecule has 0 aliphatic rings. The molecule has 0 radical (unpaired) electrons. The van der Waals surface area contributed by atoms with Crippen molar-refractivity contribution in [2.24, 2.45) is 0 Å². The molecule has 0 atom stereocenters. The third-order valence-corrected chi connectivity index (χ3v) is 3.49. The van der Waals surface area contributed by atoms with Crippen LogP contribution in [0.2, 0.25) is 0 Å². The van der Waals surface area contributed by atoms with E-state index in [4.69, 9.17) is 15.7 Å². The predicted octanol–water partition coefficient (Wildman–Crippen LogP) is 2.70. The Bertz CT molecular complexity index is 607. The van der Waals surface area contributed by atoms with Crippen molar-refractivity contribution in [1.82, 2.24) is 4.98 Å². The number of nitrogens with zero attached hydrogens (tertiary/aromatic N) is 2. The van der Waals surface area contributed by atoms with Crippen LogP contribution in [0.1, 0.15) is 5.56 Å². The van der Waals surface area contributed by atoms with Gasteiger partial charge in [0.05, 0.1) is 24.6 Å². The number of anilines is 1. The number of ether oxygens (including phenoxy) is 1. The van der Waals surface area contributed by atoms with E-state index in [9.17, 15) is 0 Å². The zero-order valence-corrected chi connectivity index (χ0v) is 10.6. The maximum Gasteiger partial charge on any atom is 0.120 e. The number of nitrogen functional groups attached to an aromatic ring is 1. The van der Waals surface area contributed by atoms with E-state index < -0.39 is 0 Å². The van der Waals surface area contributed by atoms with Gasteiger partial charge in [0, 0.05) is 16.0 Å². The van der Waals surface area contributed by atoms with E-state index in [1.54, 1.807) is 31.6 Å². The van der Waals surface area contributed by atoms with Gasteiger partial charge >= 0.3 is 0 Å². The van der Waals surface area contributed by atoms with Crippen LogP contribution in [-0.4, -0.2) is 12.1 Å². The summed E-state index contributed by atoms with van der Waals surface area (Å²) in [5, 5.41) is 9.08. The van der Waals surface area contributed by atoms with Crippen molar-refractivity contribution >= 4 is 17.4 Å². The molecule has 1 aromatic carbocycles. The molecule has 2 rings (SSSR count). The summed E-state index contributed by atoms with van der Waals surface area (Å²) in [6.07, 6.45) is 3.26. The summed E-state index contributed by atoms with van der Waals surface area (Å²) in [6, 6.07) is 9.29. The molecule has 90 valence electrons. The molecule has 0 bridgehead atoms. The van der Waals surface area contributed by atoms with Crippen molar-refractivity contribution < 1.29 is 4.74 Å². The van der Waals surface area contributed by atoms with E-state index in [-0.39, 0.29) is 0 Å². The molecular formula is C13H11N3OS. The fraction of sp³-hybridized carbons (Fsp3) is 0.0769. The Kier molecular flexibility index (Phi) is 3.70. The van der Waals surface area contributed by atoms with Gasteiger partial charge in [-0.15, -0.1) is 0 Å². The number of nitriles is 1. The molecule has 1 aromatic heterocycles. The number of pyridine rings is 1. The molecule has 0 aliphatic heterocycles. The standard InChI is InChI=1S/C13H11N3OS/c1-17-10-3-2-9(7-14)13(6-10)18-12-4-5-16-8-11(12)15/h2-6,8H,15H2,1H3. The van der Waals surface area contributed by atoms with Gasteiger partial charge in [-0.2, -0.15) is 5.26 Å². The van der Waals surface area contributed by atoms with Crippen LogP contribution in [0.15, 0.2) is 46.5 Å². The lowest BCUT2D eigenvalue weighted by atomic mass is 10.2. The van der Waals surface area contributed by atoms with Crippen LogP contribution in [0.25, 0.3) is 0 Å². The summed E-state index contributed by atoms with van der Waals surface area (Å²) >= 11 is 1.43. The first-order chi connectivity index (χ1) is 8.74. The largest absolute Gasteiger partial charge is 0.497 e. The molecule has 4 nitrogen and oxygen atoms in total. The third kappa shape index (κ3) is 2.55. The van der Waals surface area contributed by atoms with Crippen molar-refractivity contribution in [3.05, 3.63) is 42.2 Å². The topological polar surface area (TPSA) is 71.9 Å². The van der Waals surface area contributed by atoms with Crippen LogP contribution in [0.3, 0.4) is 0 Å². The fourth-order valence-corrected chi connectivity index (χ4v) is 2.35. The Morgan fingerprint density at radius 3 is 2.83 bits per heavy atom. The number of rotatable bonds is 3. The van der Waals surface area contributed by atoms with Gasteiger partial charge in [-0.25, -0.2) is 0 Å². The average Bonchev–Trinajstić information content (AvgIpc) is 2.41. The van der Waals surface area contributed by atoms with Gasteiger partial charge in [-0.1, -0.05) is 11.8 Å². The lowest BCUT2D eigenvalue weighted by Crippen LogP contribution is -1.91. The van der Waals surface area contributed by atoms with Gasteiger partial charge in [0.2, 0.25) is 0 Å². The van der Waals surface area contributed by atoms with Gasteiger partial charge in [0.25, 0.3) is 0 Å². The first-order valence-corrected chi connectivity index (χ1v) is 6.01. The zero-order chi connectivity index (χ0) is 13.0. The summed E-state index contributed by atoms with van der Waals surface area (Å²) in [6.45, 7) is 0. The Labute approximate surface area is 109 Å². The maximum atomic E-state index is 9.08. The van der Waals surface area contributed by atoms with Gasteiger partial charge < -0.3 is 10.5 Å². The summed E-state index contributed by atoms with van der Waals surface area (Å²) < 4.78 is 5.16. The molecule has 0 saturated carbocycles. The molecule has 0 unspecified atom stereocenters. The molecule has 0 fully saturated rings. The van der Waals surface area contributed by atoms with Gasteiger partial charge in [0.1, 0.15) is 11.8 Å². The Morgan fingerprint density at radius 1 is 1.33 bits per heavy atom. The second-order valence-electron chi connectivity index (χ2n) is 3.49. The number of aromatic nitrogens is 1. The Hall–Kier alpha value is -2.19. The minimum Gasteiger partial charge on any atom is -0.497 e. The molecule has 18 heavy (non-hydrogen) atoms. The minimum atomic E-state index is 0.592. The van der Waals surface area contributed by atoms with Crippen LogP contribution < -0.4 is 10.5 Å². The molecule has 0 spiro atoms. The van der Waals surface area contributed by atoms with Gasteiger partial charge in [-0.3, -0.25) is 4.98 Å². The molecule has 0 amide bonds. The molecule has 0 saturated heterocycles. The summed E-state index contributed by atoms with van der Waals surface area (Å²) in [5.41, 5.74) is 7.02. The Balaban J connectivity index is 2.39. The number of hydrogen-bond acceptors (Lipinski definition) is 5. The number of benzene rings is 1. The van der Waals surface area contributed by atoms with E-state index in [0.29, 0.717) is 17.0 Å². The number of hydrogen-bond donors (Lipinski definition) is 1. The molecule has 2 aromatic rings. The molecule has 0 aliphatic carbocycles. The summed E-state index contributed by atoms with van der Waals surface area (Å²) in [5.74, 6) is 0.712. The third-order valence-electron chi connectivity index (χ3n) is 2.34. The monoisotopic (exact) mass is 257 g/mol. The van der Waals surface area contributed by atoms with Gasteiger partial charge in [0.15, 0.2) is 0 Å². The van der Waals surface area contributed by atoms with Crippen molar-refractivity contribution in [1.29, 1.82) is 5.26 Å². The molecular weight excluding hydrogens is 246 g/mol. The fourth-order valence-electron chi connectivity index (χ4n) is 1.41. The van der Waals surface area contributed by atoms with Crippen molar-refractivity contribution in [3.63, 3.8) is 0 Å². The maximum absolute atomic E-state index is 9.08. The van der Waals surface area contributed by atoms with E-state index in [2.05, 4.69) is 11.1 Å². The van der Waals surface area contributed by atoms with Crippen molar-refractivity contribution in [3.8, 4) is 11.8 Å². The second-order valence-corrected chi connectivity index (χ2v) is 4.57. The van der Waals surface area contributed by atoms with Crippen LogP contribution in [0.4, 0.5) is 5.69 Å². The lowest BCUT2D eigenvalue weighted by Gasteiger charge is -2.08. The highest BCUT2D eigenvalue weighted by atomic mass is 32.2. The smallest absolute Gasteiger partial charge is 0.120 e. The van der Waals surface area contributed by atoms with Crippen LogP contribution >= 0.6 is 11.8 Å². The summed E-state index contributed by atoms with van der Waals surface area (Å²) in [7, 11) is 1.59. The van der Waals surface area contributed by atoms with Crippen LogP contribution in [-0.2, 0) is 0 Å². The lowest BCUT2D eigenvalue weighted by molar-refractivity contribution is 0.413. The second kappa shape index (κ2) is 5.43. The van der Waals surface area contributed by atoms with E-state index in [1.165, 1.54) is 11.8 Å². The molecule has 1 heterocycles. The van der Waals surface area contributed by atoms with E-state index in [1.807, 2.05) is 12.1 Å².